The summed E-state index contributed by atoms with van der Waals surface area (Å²) in [6, 6.07) is 0. The van der Waals surface area contributed by atoms with E-state index < -0.39 is 0 Å². The lowest BCUT2D eigenvalue weighted by molar-refractivity contribution is -0.121. The fourth-order valence-electron chi connectivity index (χ4n) is 0.779. The van der Waals surface area contributed by atoms with E-state index in [2.05, 4.69) is 10.6 Å². The molecule has 0 spiro atoms. The fraction of sp³-hybridized carbons (Fsp3) is 0.875. The number of hydrogen-bond donors (Lipinski definition) is 2. The molecule has 0 unspecified atom stereocenters. The monoisotopic (exact) mass is 158 g/mol. The van der Waals surface area contributed by atoms with Crippen molar-refractivity contribution < 1.29 is 4.79 Å². The van der Waals surface area contributed by atoms with E-state index >= 15 is 0 Å². The van der Waals surface area contributed by atoms with Gasteiger partial charge in [0.25, 0.3) is 0 Å². The summed E-state index contributed by atoms with van der Waals surface area (Å²) in [6.45, 7) is 3.77. The van der Waals surface area contributed by atoms with Gasteiger partial charge in [0.15, 0.2) is 0 Å². The second-order valence-electron chi connectivity index (χ2n) is 2.56. The molecule has 3 heteroatoms. The van der Waals surface area contributed by atoms with Crippen LogP contribution in [0.15, 0.2) is 0 Å². The van der Waals surface area contributed by atoms with Crippen LogP contribution in [0.2, 0.25) is 0 Å². The first-order valence-electron chi connectivity index (χ1n) is 4.22. The van der Waals surface area contributed by atoms with E-state index in [1.807, 2.05) is 14.0 Å². The lowest BCUT2D eigenvalue weighted by Gasteiger charge is -2.02. The Morgan fingerprint density at radius 2 is 2.09 bits per heavy atom. The zero-order valence-corrected chi connectivity index (χ0v) is 7.44. The molecule has 0 bridgehead atoms. The third-order valence-electron chi connectivity index (χ3n) is 1.40. The van der Waals surface area contributed by atoms with Gasteiger partial charge in [0.1, 0.15) is 0 Å². The van der Waals surface area contributed by atoms with E-state index in [-0.39, 0.29) is 5.91 Å². The van der Waals surface area contributed by atoms with Gasteiger partial charge in [-0.15, -0.1) is 0 Å². The summed E-state index contributed by atoms with van der Waals surface area (Å²) < 4.78 is 0. The Hall–Kier alpha value is -0.570. The summed E-state index contributed by atoms with van der Waals surface area (Å²) in [4.78, 5) is 10.9. The average molecular weight is 158 g/mol. The van der Waals surface area contributed by atoms with Crippen molar-refractivity contribution in [2.75, 3.05) is 20.1 Å². The van der Waals surface area contributed by atoms with Gasteiger partial charge in [-0.2, -0.15) is 0 Å². The molecule has 0 heterocycles. The van der Waals surface area contributed by atoms with Crippen LogP contribution in [0.4, 0.5) is 0 Å². The van der Waals surface area contributed by atoms with Gasteiger partial charge in [0.05, 0.1) is 0 Å². The molecule has 0 aromatic heterocycles. The van der Waals surface area contributed by atoms with Crippen molar-refractivity contribution in [3.05, 3.63) is 0 Å². The van der Waals surface area contributed by atoms with Gasteiger partial charge < -0.3 is 10.6 Å². The molecule has 0 aromatic carbocycles. The highest BCUT2D eigenvalue weighted by molar-refractivity contribution is 5.75. The largest absolute Gasteiger partial charge is 0.356 e. The molecule has 0 radical (unpaired) electrons. The third kappa shape index (κ3) is 7.33. The van der Waals surface area contributed by atoms with Gasteiger partial charge in [-0.05, 0) is 26.4 Å². The molecule has 0 fully saturated rings. The van der Waals surface area contributed by atoms with E-state index in [9.17, 15) is 4.79 Å². The molecule has 0 atom stereocenters. The highest BCUT2D eigenvalue weighted by Crippen LogP contribution is 1.86. The predicted molar refractivity (Wildman–Crippen MR) is 46.5 cm³/mol. The van der Waals surface area contributed by atoms with Crippen LogP contribution in [0, 0.1) is 0 Å². The lowest BCUT2D eigenvalue weighted by Crippen LogP contribution is -2.24. The first kappa shape index (κ1) is 10.4. The smallest absolute Gasteiger partial charge is 0.220 e. The minimum absolute atomic E-state index is 0.169. The van der Waals surface area contributed by atoms with Crippen LogP contribution in [0.3, 0.4) is 0 Å². The highest BCUT2D eigenvalue weighted by Gasteiger charge is 1.97. The van der Waals surface area contributed by atoms with Crippen molar-refractivity contribution >= 4 is 5.91 Å². The quantitative estimate of drug-likeness (QED) is 0.553. The molecule has 0 aliphatic rings. The maximum Gasteiger partial charge on any atom is 0.220 e. The number of carbonyl (C=O) groups excluding carboxylic acids is 1. The minimum Gasteiger partial charge on any atom is -0.356 e. The maximum absolute atomic E-state index is 10.9. The molecule has 0 aliphatic carbocycles. The van der Waals surface area contributed by atoms with Gasteiger partial charge in [-0.25, -0.2) is 0 Å². The minimum atomic E-state index is 0.169. The normalized spacial score (nSPS) is 9.64. The topological polar surface area (TPSA) is 41.1 Å². The number of amides is 1. The Morgan fingerprint density at radius 1 is 1.36 bits per heavy atom. The molecule has 0 saturated carbocycles. The second-order valence-corrected chi connectivity index (χ2v) is 2.56. The first-order chi connectivity index (χ1) is 5.31. The van der Waals surface area contributed by atoms with E-state index in [0.717, 1.165) is 25.9 Å². The molecule has 3 nitrogen and oxygen atoms in total. The molecular weight excluding hydrogens is 140 g/mol. The van der Waals surface area contributed by atoms with E-state index in [0.29, 0.717) is 6.42 Å². The van der Waals surface area contributed by atoms with Crippen molar-refractivity contribution in [2.24, 2.45) is 0 Å². The first-order valence-corrected chi connectivity index (χ1v) is 4.22. The Bertz CT molecular complexity index is 104. The van der Waals surface area contributed by atoms with Crippen LogP contribution in [0.5, 0.6) is 0 Å². The molecule has 0 saturated heterocycles. The number of hydrogen-bond acceptors (Lipinski definition) is 2. The number of nitrogens with one attached hydrogen (secondary N) is 2. The van der Waals surface area contributed by atoms with E-state index in [1.165, 1.54) is 0 Å². The van der Waals surface area contributed by atoms with Gasteiger partial charge in [-0.3, -0.25) is 4.79 Å². The van der Waals surface area contributed by atoms with Crippen molar-refractivity contribution in [3.8, 4) is 0 Å². The molecule has 0 aromatic rings. The summed E-state index contributed by atoms with van der Waals surface area (Å²) in [7, 11) is 1.89. The highest BCUT2D eigenvalue weighted by atomic mass is 16.1. The van der Waals surface area contributed by atoms with Crippen LogP contribution in [0.1, 0.15) is 26.2 Å². The van der Waals surface area contributed by atoms with Gasteiger partial charge in [0.2, 0.25) is 5.91 Å². The SMILES string of the molecule is CCCNC(=O)CCCNC. The van der Waals surface area contributed by atoms with Gasteiger partial charge >= 0.3 is 0 Å². The average Bonchev–Trinajstić information content (AvgIpc) is 2.01. The summed E-state index contributed by atoms with van der Waals surface area (Å²) in [5.74, 6) is 0.169. The second kappa shape index (κ2) is 7.54. The molecule has 2 N–H and O–H groups in total. The lowest BCUT2D eigenvalue weighted by atomic mass is 10.3. The maximum atomic E-state index is 10.9. The van der Waals surface area contributed by atoms with Crippen LogP contribution < -0.4 is 10.6 Å². The van der Waals surface area contributed by atoms with Gasteiger partial charge in [0, 0.05) is 13.0 Å². The fourth-order valence-corrected chi connectivity index (χ4v) is 0.779. The molecule has 11 heavy (non-hydrogen) atoms. The molecule has 0 aliphatic heterocycles. The number of rotatable bonds is 6. The van der Waals surface area contributed by atoms with E-state index in [4.69, 9.17) is 0 Å². The van der Waals surface area contributed by atoms with E-state index in [1.54, 1.807) is 0 Å². The van der Waals surface area contributed by atoms with Crippen LogP contribution in [-0.2, 0) is 4.79 Å². The molecule has 66 valence electrons. The molecule has 1 amide bonds. The van der Waals surface area contributed by atoms with Crippen LogP contribution in [-0.4, -0.2) is 26.0 Å². The Balaban J connectivity index is 3.09. The summed E-state index contributed by atoms with van der Waals surface area (Å²) in [6.07, 6.45) is 2.57. The zero-order chi connectivity index (χ0) is 8.53. The molecular formula is C8H18N2O. The Morgan fingerprint density at radius 3 is 2.64 bits per heavy atom. The van der Waals surface area contributed by atoms with Crippen molar-refractivity contribution in [1.29, 1.82) is 0 Å². The summed E-state index contributed by atoms with van der Waals surface area (Å²) in [5, 5.41) is 5.82. The van der Waals surface area contributed by atoms with Crippen LogP contribution in [0.25, 0.3) is 0 Å². The predicted octanol–water partition coefficient (Wildman–Crippen LogP) is 0.512. The Kier molecular flexibility index (Phi) is 7.15. The Labute approximate surface area is 68.6 Å². The molecule has 0 rings (SSSR count). The zero-order valence-electron chi connectivity index (χ0n) is 7.44. The van der Waals surface area contributed by atoms with Crippen molar-refractivity contribution in [1.82, 2.24) is 10.6 Å². The third-order valence-corrected chi connectivity index (χ3v) is 1.40. The van der Waals surface area contributed by atoms with Crippen molar-refractivity contribution in [2.45, 2.75) is 26.2 Å². The standard InChI is InChI=1S/C8H18N2O/c1-3-6-10-8(11)5-4-7-9-2/h9H,3-7H2,1-2H3,(H,10,11). The van der Waals surface area contributed by atoms with Gasteiger partial charge in [-0.1, -0.05) is 6.92 Å². The number of carbonyl (C=O) groups is 1. The summed E-state index contributed by atoms with van der Waals surface area (Å²) in [5.41, 5.74) is 0. The van der Waals surface area contributed by atoms with Crippen molar-refractivity contribution in [3.63, 3.8) is 0 Å². The summed E-state index contributed by atoms with van der Waals surface area (Å²) >= 11 is 0. The van der Waals surface area contributed by atoms with Crippen LogP contribution >= 0.6 is 0 Å².